The number of thiophene rings is 1. The predicted octanol–water partition coefficient (Wildman–Crippen LogP) is 2.69. The number of nitrogens with two attached hydrogens (primary N) is 1. The number of nitrogen functional groups attached to an aromatic ring is 1. The summed E-state index contributed by atoms with van der Waals surface area (Å²) in [6, 6.07) is 5.98. The van der Waals surface area contributed by atoms with Crippen LogP contribution in [0.5, 0.6) is 0 Å². The highest BCUT2D eigenvalue weighted by atomic mass is 32.1. The Morgan fingerprint density at radius 3 is 3.11 bits per heavy atom. The van der Waals surface area contributed by atoms with E-state index in [1.807, 2.05) is 16.7 Å². The second kappa shape index (κ2) is 4.42. The molecule has 18 heavy (non-hydrogen) atoms. The number of anilines is 1. The molecule has 0 aromatic carbocycles. The van der Waals surface area contributed by atoms with Gasteiger partial charge in [0.15, 0.2) is 5.65 Å². The number of hydrogen-bond acceptors (Lipinski definition) is 4. The molecule has 3 aromatic rings. The zero-order chi connectivity index (χ0) is 12.5. The summed E-state index contributed by atoms with van der Waals surface area (Å²) in [7, 11) is 0. The molecule has 0 unspecified atom stereocenters. The molecule has 0 spiro atoms. The third-order valence-electron chi connectivity index (χ3n) is 3.05. The van der Waals surface area contributed by atoms with Gasteiger partial charge < -0.3 is 5.73 Å². The molecule has 0 aliphatic rings. The number of aryl methyl sites for hydroxylation is 1. The topological polar surface area (TPSA) is 56.7 Å². The summed E-state index contributed by atoms with van der Waals surface area (Å²) in [6.45, 7) is 2.92. The summed E-state index contributed by atoms with van der Waals surface area (Å²) in [5.41, 5.74) is 9.05. The van der Waals surface area contributed by atoms with Crippen molar-refractivity contribution < 1.29 is 0 Å². The van der Waals surface area contributed by atoms with E-state index in [1.54, 1.807) is 17.5 Å². The Labute approximate surface area is 109 Å². The Balaban J connectivity index is 2.07. The van der Waals surface area contributed by atoms with Crippen LogP contribution in [0.15, 0.2) is 29.8 Å². The first-order valence-electron chi connectivity index (χ1n) is 5.91. The van der Waals surface area contributed by atoms with Gasteiger partial charge in [0.25, 0.3) is 0 Å². The highest BCUT2D eigenvalue weighted by Crippen LogP contribution is 2.22. The lowest BCUT2D eigenvalue weighted by Crippen LogP contribution is -2.05. The molecule has 0 aliphatic heterocycles. The first-order valence-corrected chi connectivity index (χ1v) is 6.79. The lowest BCUT2D eigenvalue weighted by Gasteiger charge is -2.05. The average molecular weight is 258 g/mol. The second-order valence-electron chi connectivity index (χ2n) is 4.12. The molecule has 0 amide bonds. The second-order valence-corrected chi connectivity index (χ2v) is 5.13. The first-order chi connectivity index (χ1) is 8.79. The highest BCUT2D eigenvalue weighted by molar-refractivity contribution is 7.10. The molecule has 3 heterocycles. The van der Waals surface area contributed by atoms with Gasteiger partial charge in [-0.2, -0.15) is 0 Å². The molecule has 0 radical (unpaired) electrons. The molecule has 2 N–H and O–H groups in total. The molecule has 0 saturated carbocycles. The van der Waals surface area contributed by atoms with Crippen LogP contribution in [0.3, 0.4) is 0 Å². The maximum absolute atomic E-state index is 5.98. The molecule has 5 heteroatoms. The summed E-state index contributed by atoms with van der Waals surface area (Å²) in [4.78, 5) is 10.0. The van der Waals surface area contributed by atoms with E-state index in [0.29, 0.717) is 5.95 Å². The fourth-order valence-corrected chi connectivity index (χ4v) is 3.06. The summed E-state index contributed by atoms with van der Waals surface area (Å²) < 4.78 is 1.97. The third kappa shape index (κ3) is 1.76. The number of fused-ring (bicyclic) bond motifs is 1. The smallest absolute Gasteiger partial charge is 0.202 e. The number of imidazole rings is 1. The third-order valence-corrected chi connectivity index (χ3v) is 4.00. The van der Waals surface area contributed by atoms with Gasteiger partial charge in [-0.15, -0.1) is 11.3 Å². The van der Waals surface area contributed by atoms with Crippen LogP contribution >= 0.6 is 11.3 Å². The predicted molar refractivity (Wildman–Crippen MR) is 74.7 cm³/mol. The molecule has 0 aliphatic carbocycles. The summed E-state index contributed by atoms with van der Waals surface area (Å²) >= 11 is 1.76. The van der Waals surface area contributed by atoms with Crippen LogP contribution in [0.1, 0.15) is 17.4 Å². The van der Waals surface area contributed by atoms with Crippen LogP contribution < -0.4 is 5.73 Å². The van der Waals surface area contributed by atoms with E-state index in [-0.39, 0.29) is 0 Å². The van der Waals surface area contributed by atoms with Gasteiger partial charge in [-0.05, 0) is 35.6 Å². The minimum absolute atomic E-state index is 0.527. The van der Waals surface area contributed by atoms with Crippen molar-refractivity contribution in [2.24, 2.45) is 0 Å². The maximum atomic E-state index is 5.98. The molecular weight excluding hydrogens is 244 g/mol. The fraction of sp³-hybridized carbons (Fsp3) is 0.231. The van der Waals surface area contributed by atoms with E-state index < -0.39 is 0 Å². The Morgan fingerprint density at radius 1 is 1.39 bits per heavy atom. The van der Waals surface area contributed by atoms with Gasteiger partial charge in [-0.3, -0.25) is 4.57 Å². The van der Waals surface area contributed by atoms with Crippen molar-refractivity contribution in [3.8, 4) is 0 Å². The Morgan fingerprint density at radius 2 is 2.28 bits per heavy atom. The zero-order valence-electron chi connectivity index (χ0n) is 10.1. The summed E-state index contributed by atoms with van der Waals surface area (Å²) in [5.74, 6) is 0.527. The summed E-state index contributed by atoms with van der Waals surface area (Å²) in [6.07, 6.45) is 2.81. The molecule has 3 rings (SSSR count). The average Bonchev–Trinajstić information content (AvgIpc) is 2.95. The molecule has 4 nitrogen and oxygen atoms in total. The minimum atomic E-state index is 0.527. The Bertz CT molecular complexity index is 683. The lowest BCUT2D eigenvalue weighted by molar-refractivity contribution is 0.831. The molecule has 0 saturated heterocycles. The van der Waals surface area contributed by atoms with Gasteiger partial charge in [-0.1, -0.05) is 6.92 Å². The van der Waals surface area contributed by atoms with Crippen molar-refractivity contribution in [1.29, 1.82) is 0 Å². The van der Waals surface area contributed by atoms with Crippen molar-refractivity contribution in [3.05, 3.63) is 40.2 Å². The lowest BCUT2D eigenvalue weighted by atomic mass is 10.2. The quantitative estimate of drug-likeness (QED) is 0.785. The first kappa shape index (κ1) is 11.2. The van der Waals surface area contributed by atoms with Gasteiger partial charge in [0.1, 0.15) is 5.52 Å². The minimum Gasteiger partial charge on any atom is -0.369 e. The monoisotopic (exact) mass is 258 g/mol. The number of nitrogens with zero attached hydrogens (tertiary/aromatic N) is 3. The Hall–Kier alpha value is -1.88. The van der Waals surface area contributed by atoms with Crippen LogP contribution in [0.25, 0.3) is 11.2 Å². The zero-order valence-corrected chi connectivity index (χ0v) is 10.9. The van der Waals surface area contributed by atoms with Gasteiger partial charge >= 0.3 is 0 Å². The highest BCUT2D eigenvalue weighted by Gasteiger charge is 2.11. The van der Waals surface area contributed by atoms with E-state index in [0.717, 1.165) is 24.1 Å². The fourth-order valence-electron chi connectivity index (χ4n) is 2.10. The molecule has 0 bridgehead atoms. The van der Waals surface area contributed by atoms with Crippen molar-refractivity contribution in [3.63, 3.8) is 0 Å². The van der Waals surface area contributed by atoms with Crippen molar-refractivity contribution in [2.75, 3.05) is 5.73 Å². The van der Waals surface area contributed by atoms with E-state index in [1.165, 1.54) is 10.4 Å². The largest absolute Gasteiger partial charge is 0.369 e. The standard InChI is InChI=1S/C13H14N4S/c1-2-9-5-7-18-11(9)8-17-12-10(16-13(17)14)4-3-6-15-12/h3-7H,2,8H2,1H3,(H2,14,16). The number of hydrogen-bond donors (Lipinski definition) is 1. The van der Waals surface area contributed by atoms with Gasteiger partial charge in [-0.25, -0.2) is 9.97 Å². The number of rotatable bonds is 3. The SMILES string of the molecule is CCc1ccsc1Cn1c(N)nc2cccnc21. The number of pyridine rings is 1. The van der Waals surface area contributed by atoms with E-state index in [9.17, 15) is 0 Å². The number of aromatic nitrogens is 3. The van der Waals surface area contributed by atoms with Gasteiger partial charge in [0.05, 0.1) is 6.54 Å². The summed E-state index contributed by atoms with van der Waals surface area (Å²) in [5, 5.41) is 2.12. The molecule has 0 fully saturated rings. The van der Waals surface area contributed by atoms with Gasteiger partial charge in [0, 0.05) is 11.1 Å². The maximum Gasteiger partial charge on any atom is 0.202 e. The van der Waals surface area contributed by atoms with E-state index >= 15 is 0 Å². The normalized spacial score (nSPS) is 11.2. The van der Waals surface area contributed by atoms with Gasteiger partial charge in [0.2, 0.25) is 5.95 Å². The molecular formula is C13H14N4S. The van der Waals surface area contributed by atoms with E-state index in [4.69, 9.17) is 5.73 Å². The molecule has 92 valence electrons. The van der Waals surface area contributed by atoms with Crippen LogP contribution in [0.2, 0.25) is 0 Å². The van der Waals surface area contributed by atoms with Crippen molar-refractivity contribution in [1.82, 2.24) is 14.5 Å². The van der Waals surface area contributed by atoms with Crippen molar-refractivity contribution in [2.45, 2.75) is 19.9 Å². The van der Waals surface area contributed by atoms with Crippen LogP contribution in [0.4, 0.5) is 5.95 Å². The van der Waals surface area contributed by atoms with E-state index in [2.05, 4.69) is 28.3 Å². The molecule has 0 atom stereocenters. The Kier molecular flexibility index (Phi) is 2.76. The van der Waals surface area contributed by atoms with Crippen molar-refractivity contribution >= 4 is 28.4 Å². The molecule has 3 aromatic heterocycles. The van der Waals surface area contributed by atoms with Crippen LogP contribution in [-0.4, -0.2) is 14.5 Å². The van der Waals surface area contributed by atoms with Crippen LogP contribution in [-0.2, 0) is 13.0 Å². The van der Waals surface area contributed by atoms with Crippen LogP contribution in [0, 0.1) is 0 Å².